The second-order valence-electron chi connectivity index (χ2n) is 5.33. The van der Waals surface area contributed by atoms with Gasteiger partial charge in [0.1, 0.15) is 6.33 Å². The third-order valence-corrected chi connectivity index (χ3v) is 3.54. The number of hydrogen-bond acceptors (Lipinski definition) is 8. The zero-order valence-electron chi connectivity index (χ0n) is 14.0. The number of carbonyl (C=O) groups excluding carboxylic acids is 1. The number of hydrogen-bond donors (Lipinski definition) is 3. The Labute approximate surface area is 153 Å². The molecular formula is C17H15N7O3. The van der Waals surface area contributed by atoms with Gasteiger partial charge in [0.05, 0.1) is 4.92 Å². The molecule has 0 spiro atoms. The fourth-order valence-electron chi connectivity index (χ4n) is 2.25. The molecule has 1 amide bonds. The van der Waals surface area contributed by atoms with E-state index >= 15 is 0 Å². The summed E-state index contributed by atoms with van der Waals surface area (Å²) in [7, 11) is 0. The average molecular weight is 365 g/mol. The largest absolute Gasteiger partial charge is 0.360 e. The Hall–Kier alpha value is -4.08. The van der Waals surface area contributed by atoms with Crippen LogP contribution in [0.1, 0.15) is 15.9 Å². The number of anilines is 2. The maximum Gasteiger partial charge on any atom is 0.354 e. The maximum absolute atomic E-state index is 12.1. The number of nitrogens with zero attached hydrogens (tertiary/aromatic N) is 4. The molecule has 0 bridgehead atoms. The molecule has 3 rings (SSSR count). The highest BCUT2D eigenvalue weighted by Crippen LogP contribution is 2.28. The van der Waals surface area contributed by atoms with E-state index in [1.54, 1.807) is 0 Å². The van der Waals surface area contributed by atoms with Gasteiger partial charge in [-0.1, -0.05) is 30.3 Å². The molecule has 0 aliphatic heterocycles. The summed E-state index contributed by atoms with van der Waals surface area (Å²) in [4.78, 5) is 34.5. The summed E-state index contributed by atoms with van der Waals surface area (Å²) in [6.07, 6.45) is 4.10. The Kier molecular flexibility index (Phi) is 5.48. The molecule has 0 atom stereocenters. The molecule has 0 saturated carbocycles. The van der Waals surface area contributed by atoms with Gasteiger partial charge in [-0.05, 0) is 17.7 Å². The number of carbonyl (C=O) groups is 1. The topological polar surface area (TPSA) is 135 Å². The predicted octanol–water partition coefficient (Wildman–Crippen LogP) is 2.15. The number of pyridine rings is 1. The molecule has 10 nitrogen and oxygen atoms in total. The number of nitro groups is 1. The van der Waals surface area contributed by atoms with Crippen LogP contribution in [0.4, 0.5) is 17.3 Å². The van der Waals surface area contributed by atoms with Gasteiger partial charge in [-0.2, -0.15) is 0 Å². The minimum Gasteiger partial charge on any atom is -0.360 e. The van der Waals surface area contributed by atoms with Crippen molar-refractivity contribution in [2.24, 2.45) is 0 Å². The van der Waals surface area contributed by atoms with Crippen LogP contribution in [0.15, 0.2) is 61.2 Å². The van der Waals surface area contributed by atoms with Crippen LogP contribution in [0.5, 0.6) is 0 Å². The van der Waals surface area contributed by atoms with Crippen molar-refractivity contribution in [2.45, 2.75) is 6.54 Å². The van der Waals surface area contributed by atoms with Crippen LogP contribution < -0.4 is 16.2 Å². The van der Waals surface area contributed by atoms with E-state index in [0.717, 1.165) is 5.56 Å². The molecule has 0 fully saturated rings. The first-order valence-electron chi connectivity index (χ1n) is 7.88. The Bertz CT molecular complexity index is 936. The second kappa shape index (κ2) is 8.34. The van der Waals surface area contributed by atoms with Gasteiger partial charge in [0, 0.05) is 24.5 Å². The van der Waals surface area contributed by atoms with Crippen molar-refractivity contribution in [1.82, 2.24) is 20.4 Å². The van der Waals surface area contributed by atoms with E-state index in [-0.39, 0.29) is 17.3 Å². The lowest BCUT2D eigenvalue weighted by atomic mass is 10.2. The number of nitrogens with one attached hydrogen (secondary N) is 3. The van der Waals surface area contributed by atoms with Crippen LogP contribution in [0.25, 0.3) is 0 Å². The zero-order chi connectivity index (χ0) is 19.1. The highest BCUT2D eigenvalue weighted by Gasteiger charge is 2.23. The first-order valence-corrected chi connectivity index (χ1v) is 7.88. The SMILES string of the molecule is O=C(NNc1ncnc(NCc2ccccc2)c1[N+](=O)[O-])c1ccncc1. The molecule has 27 heavy (non-hydrogen) atoms. The smallest absolute Gasteiger partial charge is 0.354 e. The molecule has 136 valence electrons. The Morgan fingerprint density at radius 2 is 1.74 bits per heavy atom. The lowest BCUT2D eigenvalue weighted by Crippen LogP contribution is -2.30. The number of aromatic nitrogens is 3. The molecule has 0 unspecified atom stereocenters. The molecule has 2 heterocycles. The Morgan fingerprint density at radius 3 is 2.44 bits per heavy atom. The van der Waals surface area contributed by atoms with Crippen molar-refractivity contribution in [3.05, 3.63) is 82.4 Å². The van der Waals surface area contributed by atoms with Gasteiger partial charge in [0.15, 0.2) is 0 Å². The number of benzene rings is 1. The lowest BCUT2D eigenvalue weighted by Gasteiger charge is -2.11. The van der Waals surface area contributed by atoms with E-state index in [4.69, 9.17) is 0 Å². The van der Waals surface area contributed by atoms with Crippen molar-refractivity contribution < 1.29 is 9.72 Å². The van der Waals surface area contributed by atoms with Crippen molar-refractivity contribution in [3.63, 3.8) is 0 Å². The number of rotatable bonds is 7. The summed E-state index contributed by atoms with van der Waals surface area (Å²) >= 11 is 0. The van der Waals surface area contributed by atoms with Gasteiger partial charge in [0.2, 0.25) is 11.6 Å². The highest BCUT2D eigenvalue weighted by atomic mass is 16.6. The predicted molar refractivity (Wildman–Crippen MR) is 97.8 cm³/mol. The third kappa shape index (κ3) is 4.51. The van der Waals surface area contributed by atoms with Gasteiger partial charge >= 0.3 is 5.69 Å². The molecule has 0 aliphatic carbocycles. The molecule has 0 aliphatic rings. The van der Waals surface area contributed by atoms with E-state index in [2.05, 4.69) is 31.1 Å². The van der Waals surface area contributed by atoms with Crippen LogP contribution in [-0.2, 0) is 6.54 Å². The summed E-state index contributed by atoms with van der Waals surface area (Å²) in [6.45, 7) is 0.349. The quantitative estimate of drug-likeness (QED) is 0.428. The summed E-state index contributed by atoms with van der Waals surface area (Å²) in [6, 6.07) is 12.4. The van der Waals surface area contributed by atoms with Crippen molar-refractivity contribution in [1.29, 1.82) is 0 Å². The van der Waals surface area contributed by atoms with Crippen molar-refractivity contribution >= 4 is 23.2 Å². The molecule has 10 heteroatoms. The summed E-state index contributed by atoms with van der Waals surface area (Å²) < 4.78 is 0. The van der Waals surface area contributed by atoms with E-state index in [1.165, 1.54) is 30.9 Å². The summed E-state index contributed by atoms with van der Waals surface area (Å²) in [5.74, 6) is -0.573. The highest BCUT2D eigenvalue weighted by molar-refractivity contribution is 5.94. The Balaban J connectivity index is 1.75. The van der Waals surface area contributed by atoms with Gasteiger partial charge in [-0.25, -0.2) is 9.97 Å². The molecule has 0 radical (unpaired) electrons. The van der Waals surface area contributed by atoms with Crippen LogP contribution in [-0.4, -0.2) is 25.8 Å². The van der Waals surface area contributed by atoms with Crippen LogP contribution >= 0.6 is 0 Å². The van der Waals surface area contributed by atoms with Crippen molar-refractivity contribution in [2.75, 3.05) is 10.7 Å². The average Bonchev–Trinajstić information content (AvgIpc) is 2.71. The molecule has 3 N–H and O–H groups in total. The Morgan fingerprint density at radius 1 is 1.04 bits per heavy atom. The van der Waals surface area contributed by atoms with E-state index in [0.29, 0.717) is 12.1 Å². The lowest BCUT2D eigenvalue weighted by molar-refractivity contribution is -0.383. The van der Waals surface area contributed by atoms with Crippen LogP contribution in [0, 0.1) is 10.1 Å². The standard InChI is InChI=1S/C17H15N7O3/c25-17(13-6-8-18-9-7-13)23-22-16-14(24(26)27)15(20-11-21-16)19-10-12-4-2-1-3-5-12/h1-9,11H,10H2,(H,23,25)(H2,19,20,21,22). The molecular weight excluding hydrogens is 350 g/mol. The summed E-state index contributed by atoms with van der Waals surface area (Å²) in [5.41, 5.74) is 5.76. The first kappa shape index (κ1) is 17.7. The van der Waals surface area contributed by atoms with E-state index < -0.39 is 10.8 Å². The summed E-state index contributed by atoms with van der Waals surface area (Å²) in [5, 5.41) is 14.4. The van der Waals surface area contributed by atoms with Gasteiger partial charge < -0.3 is 5.32 Å². The van der Waals surface area contributed by atoms with Gasteiger partial charge in [-0.15, -0.1) is 0 Å². The van der Waals surface area contributed by atoms with Crippen molar-refractivity contribution in [3.8, 4) is 0 Å². The molecule has 3 aromatic rings. The van der Waals surface area contributed by atoms with Crippen LogP contribution in [0.2, 0.25) is 0 Å². The van der Waals surface area contributed by atoms with Gasteiger partial charge in [0.25, 0.3) is 5.91 Å². The maximum atomic E-state index is 12.1. The first-order chi connectivity index (χ1) is 13.1. The normalized spacial score (nSPS) is 10.1. The van der Waals surface area contributed by atoms with Crippen LogP contribution in [0.3, 0.4) is 0 Å². The minimum atomic E-state index is -0.617. The van der Waals surface area contributed by atoms with E-state index in [9.17, 15) is 14.9 Å². The third-order valence-electron chi connectivity index (χ3n) is 3.54. The second-order valence-corrected chi connectivity index (χ2v) is 5.33. The minimum absolute atomic E-state index is 0.0412. The molecule has 0 saturated heterocycles. The number of hydrazine groups is 1. The molecule has 1 aromatic carbocycles. The van der Waals surface area contributed by atoms with Gasteiger partial charge in [-0.3, -0.25) is 30.7 Å². The molecule has 2 aromatic heterocycles. The zero-order valence-corrected chi connectivity index (χ0v) is 14.0. The fourth-order valence-corrected chi connectivity index (χ4v) is 2.25. The monoisotopic (exact) mass is 365 g/mol. The van der Waals surface area contributed by atoms with E-state index in [1.807, 2.05) is 30.3 Å². The fraction of sp³-hybridized carbons (Fsp3) is 0.0588. The number of amides is 1.